The van der Waals surface area contributed by atoms with Gasteiger partial charge >= 0.3 is 0 Å². The fraction of sp³-hybridized carbons (Fsp3) is 0.773. The Hall–Kier alpha value is -0.890. The highest BCUT2D eigenvalue weighted by Gasteiger charge is 2.60. The Labute approximate surface area is 146 Å². The molecule has 0 aromatic heterocycles. The summed E-state index contributed by atoms with van der Waals surface area (Å²) in [7, 11) is 0. The second-order valence-electron chi connectivity index (χ2n) is 9.57. The molecule has 3 saturated carbocycles. The van der Waals surface area contributed by atoms with Gasteiger partial charge in [0.2, 0.25) is 0 Å². The largest absolute Gasteiger partial charge is 0.392 e. The first-order valence-electron chi connectivity index (χ1n) is 9.86. The molecule has 4 rings (SSSR count). The van der Waals surface area contributed by atoms with Crippen LogP contribution in [0.25, 0.3) is 0 Å². The lowest BCUT2D eigenvalue weighted by molar-refractivity contribution is -0.127. The summed E-state index contributed by atoms with van der Waals surface area (Å²) in [5.41, 5.74) is 2.84. The van der Waals surface area contributed by atoms with E-state index in [2.05, 4.69) is 27.4 Å². The molecule has 7 atom stereocenters. The van der Waals surface area contributed by atoms with Crippen LogP contribution < -0.4 is 0 Å². The summed E-state index contributed by atoms with van der Waals surface area (Å²) >= 11 is 0. The topological polar surface area (TPSA) is 37.3 Å². The van der Waals surface area contributed by atoms with Crippen LogP contribution in [0.3, 0.4) is 0 Å². The van der Waals surface area contributed by atoms with Crippen molar-refractivity contribution in [3.63, 3.8) is 0 Å². The predicted octanol–water partition coefficient (Wildman–Crippen LogP) is 4.68. The van der Waals surface area contributed by atoms with E-state index in [0.717, 1.165) is 12.3 Å². The quantitative estimate of drug-likeness (QED) is 0.710. The van der Waals surface area contributed by atoms with Crippen LogP contribution in [-0.4, -0.2) is 17.0 Å². The van der Waals surface area contributed by atoms with Gasteiger partial charge in [0.05, 0.1) is 6.10 Å². The lowest BCUT2D eigenvalue weighted by Gasteiger charge is -2.59. The standard InChI is InChI=1S/C22H32O2/c1-13(2)17-7-8-18-16-6-5-14-11-15(23)12-20(24)22(14,4)19(16)9-10-21(17,18)3/h11,16-20,24H,1,5-10,12H2,2-4H3/t16-,17+,18-,19-,20?,21+,22-/m0/s1. The summed E-state index contributed by atoms with van der Waals surface area (Å²) in [6, 6.07) is 0. The molecule has 0 aliphatic heterocycles. The molecule has 0 bridgehead atoms. The Kier molecular flexibility index (Phi) is 3.66. The Morgan fingerprint density at radius 3 is 2.67 bits per heavy atom. The molecule has 0 radical (unpaired) electrons. The Morgan fingerprint density at radius 1 is 1.21 bits per heavy atom. The third-order valence-electron chi connectivity index (χ3n) is 8.66. The van der Waals surface area contributed by atoms with Gasteiger partial charge in [-0.3, -0.25) is 4.79 Å². The van der Waals surface area contributed by atoms with Gasteiger partial charge in [0.25, 0.3) is 0 Å². The van der Waals surface area contributed by atoms with Crippen LogP contribution in [0.5, 0.6) is 0 Å². The number of fused-ring (bicyclic) bond motifs is 5. The molecule has 0 aromatic rings. The highest BCUT2D eigenvalue weighted by molar-refractivity contribution is 5.92. The van der Waals surface area contributed by atoms with Crippen LogP contribution in [0.2, 0.25) is 0 Å². The molecule has 0 amide bonds. The molecule has 1 unspecified atom stereocenters. The Balaban J connectivity index is 1.70. The molecule has 2 heteroatoms. The lowest BCUT2D eigenvalue weighted by atomic mass is 9.46. The molecule has 1 N–H and O–H groups in total. The van der Waals surface area contributed by atoms with Gasteiger partial charge in [0.1, 0.15) is 0 Å². The molecule has 0 aromatic carbocycles. The van der Waals surface area contributed by atoms with Crippen molar-refractivity contribution < 1.29 is 9.90 Å². The second-order valence-corrected chi connectivity index (χ2v) is 9.57. The van der Waals surface area contributed by atoms with Gasteiger partial charge in [-0.05, 0) is 80.6 Å². The summed E-state index contributed by atoms with van der Waals surface area (Å²) in [4.78, 5) is 11.9. The Morgan fingerprint density at radius 2 is 1.96 bits per heavy atom. The highest BCUT2D eigenvalue weighted by Crippen LogP contribution is 2.67. The smallest absolute Gasteiger partial charge is 0.158 e. The normalized spacial score (nSPS) is 50.6. The van der Waals surface area contributed by atoms with Crippen molar-refractivity contribution in [2.75, 3.05) is 0 Å². The van der Waals surface area contributed by atoms with E-state index < -0.39 is 6.10 Å². The maximum atomic E-state index is 11.9. The van der Waals surface area contributed by atoms with Gasteiger partial charge in [0.15, 0.2) is 5.78 Å². The molecule has 4 aliphatic rings. The molecule has 0 spiro atoms. The third-order valence-corrected chi connectivity index (χ3v) is 8.66. The van der Waals surface area contributed by atoms with Gasteiger partial charge in [-0.2, -0.15) is 0 Å². The average Bonchev–Trinajstić information content (AvgIpc) is 2.86. The summed E-state index contributed by atoms with van der Waals surface area (Å²) in [6.07, 6.45) is 8.97. The molecule has 0 saturated heterocycles. The molecule has 2 nitrogen and oxygen atoms in total. The fourth-order valence-corrected chi connectivity index (χ4v) is 7.42. The Bertz CT molecular complexity index is 617. The first kappa shape index (κ1) is 16.6. The number of hydrogen-bond donors (Lipinski definition) is 1. The average molecular weight is 328 g/mol. The van der Waals surface area contributed by atoms with Crippen LogP contribution in [0.15, 0.2) is 23.8 Å². The molecule has 132 valence electrons. The van der Waals surface area contributed by atoms with E-state index in [-0.39, 0.29) is 11.2 Å². The zero-order chi connectivity index (χ0) is 17.3. The van der Waals surface area contributed by atoms with Gasteiger partial charge in [-0.15, -0.1) is 0 Å². The number of ketones is 1. The number of allylic oxidation sites excluding steroid dienone is 1. The van der Waals surface area contributed by atoms with E-state index in [0.29, 0.717) is 29.6 Å². The molecule has 24 heavy (non-hydrogen) atoms. The van der Waals surface area contributed by atoms with Crippen molar-refractivity contribution in [1.29, 1.82) is 0 Å². The SMILES string of the molecule is C=C(C)[C@H]1CC[C@H]2[C@@H]3CCC4=CC(=O)CC(O)[C@]4(C)[C@H]3CC[C@]12C. The first-order valence-corrected chi connectivity index (χ1v) is 9.86. The number of carbonyl (C=O) groups excluding carboxylic acids is 1. The third kappa shape index (κ3) is 2.01. The number of carbonyl (C=O) groups is 1. The number of aliphatic hydroxyl groups is 1. The van der Waals surface area contributed by atoms with Crippen molar-refractivity contribution in [3.8, 4) is 0 Å². The van der Waals surface area contributed by atoms with Crippen LogP contribution in [0.4, 0.5) is 0 Å². The summed E-state index contributed by atoms with van der Waals surface area (Å²) in [5.74, 6) is 2.81. The summed E-state index contributed by atoms with van der Waals surface area (Å²) in [5, 5.41) is 10.8. The number of hydrogen-bond acceptors (Lipinski definition) is 2. The minimum atomic E-state index is -0.486. The predicted molar refractivity (Wildman–Crippen MR) is 96.4 cm³/mol. The van der Waals surface area contributed by atoms with Gasteiger partial charge in [-0.1, -0.05) is 31.6 Å². The van der Waals surface area contributed by atoms with Gasteiger partial charge in [-0.25, -0.2) is 0 Å². The van der Waals surface area contributed by atoms with Gasteiger partial charge in [0, 0.05) is 11.8 Å². The molecular formula is C22H32O2. The summed E-state index contributed by atoms with van der Waals surface area (Å²) in [6.45, 7) is 11.3. The van der Waals surface area contributed by atoms with Gasteiger partial charge < -0.3 is 5.11 Å². The maximum Gasteiger partial charge on any atom is 0.158 e. The molecule has 4 aliphatic carbocycles. The van der Waals surface area contributed by atoms with Crippen LogP contribution in [0.1, 0.15) is 65.7 Å². The summed E-state index contributed by atoms with van der Waals surface area (Å²) < 4.78 is 0. The van der Waals surface area contributed by atoms with Crippen molar-refractivity contribution in [2.24, 2.45) is 34.5 Å². The zero-order valence-corrected chi connectivity index (χ0v) is 15.5. The van der Waals surface area contributed by atoms with E-state index >= 15 is 0 Å². The van der Waals surface area contributed by atoms with Crippen LogP contribution in [-0.2, 0) is 4.79 Å². The fourth-order valence-electron chi connectivity index (χ4n) is 7.42. The van der Waals surface area contributed by atoms with E-state index in [4.69, 9.17) is 0 Å². The van der Waals surface area contributed by atoms with Crippen LogP contribution >= 0.6 is 0 Å². The lowest BCUT2D eigenvalue weighted by Crippen LogP contribution is -2.55. The van der Waals surface area contributed by atoms with Crippen molar-refractivity contribution in [3.05, 3.63) is 23.8 Å². The number of rotatable bonds is 1. The molecule has 3 fully saturated rings. The monoisotopic (exact) mass is 328 g/mol. The molecule has 0 heterocycles. The van der Waals surface area contributed by atoms with E-state index in [1.54, 1.807) is 0 Å². The highest BCUT2D eigenvalue weighted by atomic mass is 16.3. The number of aliphatic hydroxyl groups excluding tert-OH is 1. The molecular weight excluding hydrogens is 296 g/mol. The zero-order valence-electron chi connectivity index (χ0n) is 15.5. The minimum Gasteiger partial charge on any atom is -0.392 e. The maximum absolute atomic E-state index is 11.9. The van der Waals surface area contributed by atoms with E-state index in [1.165, 1.54) is 43.3 Å². The minimum absolute atomic E-state index is 0.122. The van der Waals surface area contributed by atoms with Crippen molar-refractivity contribution in [2.45, 2.75) is 71.8 Å². The second kappa shape index (κ2) is 5.30. The first-order chi connectivity index (χ1) is 11.3. The van der Waals surface area contributed by atoms with Crippen molar-refractivity contribution >= 4 is 5.78 Å². The van der Waals surface area contributed by atoms with E-state index in [1.807, 2.05) is 6.08 Å². The van der Waals surface area contributed by atoms with E-state index in [9.17, 15) is 9.90 Å². The van der Waals surface area contributed by atoms with Crippen LogP contribution in [0, 0.1) is 34.5 Å². The van der Waals surface area contributed by atoms with Crippen molar-refractivity contribution in [1.82, 2.24) is 0 Å².